The largest absolute Gasteiger partial charge is 0.341 e. The average molecular weight is 376 g/mol. The fraction of sp³-hybridized carbons (Fsp3) is 0.600. The highest BCUT2D eigenvalue weighted by Gasteiger charge is 2.22. The van der Waals surface area contributed by atoms with Crippen LogP contribution in [0.3, 0.4) is 0 Å². The monoisotopic (exact) mass is 375 g/mol. The smallest absolute Gasteiger partial charge is 0.319 e. The third-order valence-electron chi connectivity index (χ3n) is 5.36. The summed E-state index contributed by atoms with van der Waals surface area (Å²) in [5, 5.41) is 6.00. The van der Waals surface area contributed by atoms with Crippen molar-refractivity contribution in [1.82, 2.24) is 10.2 Å². The van der Waals surface area contributed by atoms with Crippen LogP contribution in [0, 0.1) is 5.92 Å². The maximum Gasteiger partial charge on any atom is 0.319 e. The number of rotatable bonds is 4. The van der Waals surface area contributed by atoms with E-state index in [2.05, 4.69) is 17.6 Å². The highest BCUT2D eigenvalue weighted by atomic mass is 32.2. The number of urea groups is 1. The van der Waals surface area contributed by atoms with Crippen LogP contribution in [0.4, 0.5) is 10.5 Å². The minimum Gasteiger partial charge on any atom is -0.341 e. The fourth-order valence-electron chi connectivity index (χ4n) is 3.67. The number of thioether (sulfide) groups is 1. The van der Waals surface area contributed by atoms with E-state index in [0.717, 1.165) is 42.3 Å². The van der Waals surface area contributed by atoms with E-state index < -0.39 is 0 Å². The summed E-state index contributed by atoms with van der Waals surface area (Å²) in [5.74, 6) is 2.79. The molecule has 0 bridgehead atoms. The Hall–Kier alpha value is -1.69. The summed E-state index contributed by atoms with van der Waals surface area (Å²) in [6.45, 7) is 3.91. The van der Waals surface area contributed by atoms with Crippen molar-refractivity contribution in [2.45, 2.75) is 45.1 Å². The minimum atomic E-state index is -0.140. The van der Waals surface area contributed by atoms with E-state index in [1.165, 1.54) is 19.3 Å². The molecule has 1 aromatic carbocycles. The van der Waals surface area contributed by atoms with E-state index in [1.807, 2.05) is 40.9 Å². The van der Waals surface area contributed by atoms with Crippen LogP contribution < -0.4 is 10.6 Å². The van der Waals surface area contributed by atoms with Crippen LogP contribution >= 0.6 is 11.8 Å². The van der Waals surface area contributed by atoms with E-state index >= 15 is 0 Å². The lowest BCUT2D eigenvalue weighted by atomic mass is 9.86. The number of nitrogens with one attached hydrogen (secondary N) is 2. The Balaban J connectivity index is 1.47. The van der Waals surface area contributed by atoms with Crippen molar-refractivity contribution in [3.63, 3.8) is 0 Å². The van der Waals surface area contributed by atoms with E-state index in [-0.39, 0.29) is 18.0 Å². The van der Waals surface area contributed by atoms with Crippen molar-refractivity contribution in [3.8, 4) is 0 Å². The SMILES string of the molecule is CC1CCCCC1NC(=O)Nc1ccc(CC(=O)N2CCSCC2)cc1. The summed E-state index contributed by atoms with van der Waals surface area (Å²) in [6, 6.07) is 7.73. The molecule has 1 saturated heterocycles. The Morgan fingerprint density at radius 1 is 1.12 bits per heavy atom. The first-order chi connectivity index (χ1) is 12.6. The molecule has 26 heavy (non-hydrogen) atoms. The molecular weight excluding hydrogens is 346 g/mol. The molecule has 1 saturated carbocycles. The molecule has 2 fully saturated rings. The van der Waals surface area contributed by atoms with Crippen LogP contribution in [-0.2, 0) is 11.2 Å². The maximum absolute atomic E-state index is 12.3. The summed E-state index contributed by atoms with van der Waals surface area (Å²) in [5.41, 5.74) is 1.75. The number of nitrogens with zero attached hydrogens (tertiary/aromatic N) is 1. The third kappa shape index (κ3) is 5.40. The van der Waals surface area contributed by atoms with Gasteiger partial charge in [-0.25, -0.2) is 4.79 Å². The van der Waals surface area contributed by atoms with Gasteiger partial charge in [0, 0.05) is 36.3 Å². The molecule has 2 N–H and O–H groups in total. The van der Waals surface area contributed by atoms with Crippen LogP contribution in [0.1, 0.15) is 38.2 Å². The maximum atomic E-state index is 12.3. The third-order valence-corrected chi connectivity index (χ3v) is 6.30. The predicted octanol–water partition coefficient (Wildman–Crippen LogP) is 3.50. The van der Waals surface area contributed by atoms with Gasteiger partial charge in [-0.05, 0) is 36.5 Å². The fourth-order valence-corrected chi connectivity index (χ4v) is 4.57. The van der Waals surface area contributed by atoms with E-state index in [4.69, 9.17) is 0 Å². The molecule has 1 aromatic rings. The zero-order chi connectivity index (χ0) is 18.4. The van der Waals surface area contributed by atoms with Crippen molar-refractivity contribution < 1.29 is 9.59 Å². The number of benzene rings is 1. The molecule has 1 aliphatic heterocycles. The van der Waals surface area contributed by atoms with Gasteiger partial charge in [0.25, 0.3) is 0 Å². The van der Waals surface area contributed by atoms with Crippen molar-refractivity contribution in [2.75, 3.05) is 29.9 Å². The normalized spacial score (nSPS) is 23.3. The molecular formula is C20H29N3O2S. The van der Waals surface area contributed by atoms with Crippen LogP contribution in [0.15, 0.2) is 24.3 Å². The molecule has 2 atom stereocenters. The lowest BCUT2D eigenvalue weighted by molar-refractivity contribution is -0.130. The van der Waals surface area contributed by atoms with Crippen molar-refractivity contribution in [3.05, 3.63) is 29.8 Å². The summed E-state index contributed by atoms with van der Waals surface area (Å²) in [6.07, 6.45) is 5.12. The first-order valence-corrected chi connectivity index (χ1v) is 10.8. The highest BCUT2D eigenvalue weighted by Crippen LogP contribution is 2.23. The summed E-state index contributed by atoms with van der Waals surface area (Å²) in [4.78, 5) is 26.5. The Morgan fingerprint density at radius 2 is 1.81 bits per heavy atom. The van der Waals surface area contributed by atoms with Crippen LogP contribution in [0.25, 0.3) is 0 Å². The summed E-state index contributed by atoms with van der Waals surface area (Å²) < 4.78 is 0. The van der Waals surface area contributed by atoms with Gasteiger partial charge in [0.05, 0.1) is 6.42 Å². The Morgan fingerprint density at radius 3 is 2.50 bits per heavy atom. The van der Waals surface area contributed by atoms with Crippen LogP contribution in [0.2, 0.25) is 0 Å². The molecule has 2 unspecified atom stereocenters. The Bertz CT molecular complexity index is 614. The second-order valence-electron chi connectivity index (χ2n) is 7.33. The molecule has 1 aliphatic carbocycles. The number of hydrogen-bond acceptors (Lipinski definition) is 3. The number of amides is 3. The molecule has 3 rings (SSSR count). The molecule has 142 valence electrons. The molecule has 5 nitrogen and oxygen atoms in total. The minimum absolute atomic E-state index is 0.140. The molecule has 0 radical (unpaired) electrons. The number of carbonyl (C=O) groups is 2. The highest BCUT2D eigenvalue weighted by molar-refractivity contribution is 7.99. The van der Waals surface area contributed by atoms with Gasteiger partial charge < -0.3 is 15.5 Å². The number of carbonyl (C=O) groups excluding carboxylic acids is 2. The lowest BCUT2D eigenvalue weighted by Crippen LogP contribution is -2.43. The Labute approximate surface area is 160 Å². The van der Waals surface area contributed by atoms with Crippen LogP contribution in [0.5, 0.6) is 0 Å². The van der Waals surface area contributed by atoms with Gasteiger partial charge in [-0.2, -0.15) is 11.8 Å². The van der Waals surface area contributed by atoms with E-state index in [0.29, 0.717) is 12.3 Å². The summed E-state index contributed by atoms with van der Waals surface area (Å²) in [7, 11) is 0. The predicted molar refractivity (Wildman–Crippen MR) is 108 cm³/mol. The molecule has 3 amide bonds. The quantitative estimate of drug-likeness (QED) is 0.847. The molecule has 0 aromatic heterocycles. The van der Waals surface area contributed by atoms with E-state index in [1.54, 1.807) is 0 Å². The molecule has 6 heteroatoms. The first kappa shape index (κ1) is 19.1. The van der Waals surface area contributed by atoms with Crippen molar-refractivity contribution in [2.24, 2.45) is 5.92 Å². The van der Waals surface area contributed by atoms with Gasteiger partial charge in [0.1, 0.15) is 0 Å². The second kappa shape index (κ2) is 9.31. The number of hydrogen-bond donors (Lipinski definition) is 2. The van der Waals surface area contributed by atoms with Gasteiger partial charge >= 0.3 is 6.03 Å². The average Bonchev–Trinajstić information content (AvgIpc) is 2.66. The van der Waals surface area contributed by atoms with Gasteiger partial charge in [-0.1, -0.05) is 31.9 Å². The summed E-state index contributed by atoms with van der Waals surface area (Å²) >= 11 is 1.90. The second-order valence-corrected chi connectivity index (χ2v) is 8.56. The Kier molecular flexibility index (Phi) is 6.83. The molecule has 0 spiro atoms. The van der Waals surface area contributed by atoms with Crippen LogP contribution in [-0.4, -0.2) is 47.5 Å². The zero-order valence-electron chi connectivity index (χ0n) is 15.5. The van der Waals surface area contributed by atoms with Crippen molar-refractivity contribution in [1.29, 1.82) is 0 Å². The van der Waals surface area contributed by atoms with Gasteiger partial charge in [-0.3, -0.25) is 4.79 Å². The lowest BCUT2D eigenvalue weighted by Gasteiger charge is -2.29. The van der Waals surface area contributed by atoms with Gasteiger partial charge in [0.2, 0.25) is 5.91 Å². The topological polar surface area (TPSA) is 61.4 Å². The van der Waals surface area contributed by atoms with Gasteiger partial charge in [-0.15, -0.1) is 0 Å². The van der Waals surface area contributed by atoms with E-state index in [9.17, 15) is 9.59 Å². The number of anilines is 1. The standard InChI is InChI=1S/C20H29N3O2S/c1-15-4-2-3-5-18(15)22-20(25)21-17-8-6-16(7-9-17)14-19(24)23-10-12-26-13-11-23/h6-9,15,18H,2-5,10-14H2,1H3,(H2,21,22,25). The zero-order valence-corrected chi connectivity index (χ0v) is 16.3. The van der Waals surface area contributed by atoms with Crippen molar-refractivity contribution >= 4 is 29.4 Å². The molecule has 1 heterocycles. The molecule has 2 aliphatic rings. The van der Waals surface area contributed by atoms with Gasteiger partial charge in [0.15, 0.2) is 0 Å². The first-order valence-electron chi connectivity index (χ1n) is 9.64.